The van der Waals surface area contributed by atoms with Crippen LogP contribution in [0.5, 0.6) is 0 Å². The number of carbonyl (C=O) groups excluding carboxylic acids is 1. The number of amides is 1. The average molecular weight is 358 g/mol. The zero-order valence-electron chi connectivity index (χ0n) is 14.1. The summed E-state index contributed by atoms with van der Waals surface area (Å²) in [6.45, 7) is 4.32. The van der Waals surface area contributed by atoms with Crippen LogP contribution in [-0.2, 0) is 4.79 Å². The summed E-state index contributed by atoms with van der Waals surface area (Å²) in [5, 5.41) is 6.19. The fourth-order valence-corrected chi connectivity index (χ4v) is 4.42. The predicted octanol–water partition coefficient (Wildman–Crippen LogP) is 1.46. The van der Waals surface area contributed by atoms with Crippen LogP contribution in [0.15, 0.2) is 34.6 Å². The Morgan fingerprint density at radius 2 is 2.20 bits per heavy atom. The van der Waals surface area contributed by atoms with Crippen molar-refractivity contribution in [3.63, 3.8) is 0 Å². The highest BCUT2D eigenvalue weighted by atomic mass is 32.2. The van der Waals surface area contributed by atoms with Gasteiger partial charge in [0.05, 0.1) is 13.0 Å². The number of piperidine rings is 1. The first-order valence-electron chi connectivity index (χ1n) is 8.76. The first-order valence-corrected chi connectivity index (χ1v) is 9.64. The fourth-order valence-electron chi connectivity index (χ4n) is 3.47. The van der Waals surface area contributed by atoms with Crippen molar-refractivity contribution in [3.05, 3.63) is 29.6 Å². The molecule has 0 saturated carbocycles. The number of thioether (sulfide) groups is 1. The zero-order valence-corrected chi connectivity index (χ0v) is 14.9. The second-order valence-electron chi connectivity index (χ2n) is 6.53. The molecule has 0 aliphatic carbocycles. The van der Waals surface area contributed by atoms with Gasteiger partial charge >= 0.3 is 0 Å². The lowest BCUT2D eigenvalue weighted by atomic mass is 9.98. The Labute approximate surface area is 151 Å². The molecule has 132 valence electrons. The number of fused-ring (bicyclic) bond motifs is 1. The lowest BCUT2D eigenvalue weighted by Crippen LogP contribution is -2.41. The molecule has 1 saturated heterocycles. The fraction of sp³-hybridized carbons (Fsp3) is 0.529. The SMILES string of the molecule is O=C(CC1=CSC2=NCCN12)NC[C@H]1CCCN(c2ncccn2)C1. The van der Waals surface area contributed by atoms with Gasteiger partial charge in [0.25, 0.3) is 0 Å². The summed E-state index contributed by atoms with van der Waals surface area (Å²) in [6.07, 6.45) is 6.22. The summed E-state index contributed by atoms with van der Waals surface area (Å²) in [7, 11) is 0. The minimum absolute atomic E-state index is 0.0908. The van der Waals surface area contributed by atoms with Crippen LogP contribution in [0.2, 0.25) is 0 Å². The highest BCUT2D eigenvalue weighted by molar-refractivity contribution is 8.16. The van der Waals surface area contributed by atoms with Crippen molar-refractivity contribution in [1.82, 2.24) is 20.2 Å². The number of amidine groups is 1. The second-order valence-corrected chi connectivity index (χ2v) is 7.36. The number of hydrogen-bond acceptors (Lipinski definition) is 7. The molecule has 25 heavy (non-hydrogen) atoms. The van der Waals surface area contributed by atoms with Gasteiger partial charge in [-0.3, -0.25) is 9.79 Å². The van der Waals surface area contributed by atoms with E-state index in [1.54, 1.807) is 24.2 Å². The van der Waals surface area contributed by atoms with E-state index in [1.807, 2.05) is 11.5 Å². The van der Waals surface area contributed by atoms with Gasteiger partial charge in [0.15, 0.2) is 5.17 Å². The quantitative estimate of drug-likeness (QED) is 0.859. The Morgan fingerprint density at radius 3 is 3.08 bits per heavy atom. The summed E-state index contributed by atoms with van der Waals surface area (Å²) in [5.74, 6) is 1.32. The molecule has 7 nitrogen and oxygen atoms in total. The van der Waals surface area contributed by atoms with Crippen LogP contribution in [-0.4, -0.2) is 58.7 Å². The van der Waals surface area contributed by atoms with E-state index >= 15 is 0 Å². The molecule has 1 N–H and O–H groups in total. The van der Waals surface area contributed by atoms with Crippen molar-refractivity contribution in [2.45, 2.75) is 19.3 Å². The average Bonchev–Trinajstić information content (AvgIpc) is 3.26. The van der Waals surface area contributed by atoms with E-state index in [2.05, 4.69) is 30.1 Å². The molecule has 1 atom stereocenters. The van der Waals surface area contributed by atoms with E-state index in [-0.39, 0.29) is 5.91 Å². The van der Waals surface area contributed by atoms with Gasteiger partial charge in [-0.1, -0.05) is 11.8 Å². The van der Waals surface area contributed by atoms with Crippen molar-refractivity contribution in [1.29, 1.82) is 0 Å². The molecule has 0 spiro atoms. The predicted molar refractivity (Wildman–Crippen MR) is 99.3 cm³/mol. The van der Waals surface area contributed by atoms with Crippen molar-refractivity contribution in [2.75, 3.05) is 37.6 Å². The van der Waals surface area contributed by atoms with Crippen LogP contribution >= 0.6 is 11.8 Å². The topological polar surface area (TPSA) is 73.7 Å². The molecule has 4 heterocycles. The molecule has 1 aromatic rings. The summed E-state index contributed by atoms with van der Waals surface area (Å²) >= 11 is 1.62. The smallest absolute Gasteiger partial charge is 0.225 e. The number of rotatable bonds is 5. The van der Waals surface area contributed by atoms with E-state index in [4.69, 9.17) is 0 Å². The van der Waals surface area contributed by atoms with E-state index in [0.29, 0.717) is 18.9 Å². The zero-order chi connectivity index (χ0) is 17.1. The standard InChI is InChI=1S/C17H22N6OS/c24-15(9-14-12-25-17-20-6-8-23(14)17)21-10-13-3-1-7-22(11-13)16-18-4-2-5-19-16/h2,4-5,12-13H,1,3,6-11H2,(H,21,24)/t13-/m1/s1. The number of anilines is 1. The molecule has 0 aromatic carbocycles. The monoisotopic (exact) mass is 358 g/mol. The Hall–Kier alpha value is -2.09. The molecule has 1 aromatic heterocycles. The molecule has 0 unspecified atom stereocenters. The van der Waals surface area contributed by atoms with Gasteiger partial charge < -0.3 is 15.1 Å². The third-order valence-corrected chi connectivity index (χ3v) is 5.68. The first kappa shape index (κ1) is 16.4. The maximum absolute atomic E-state index is 12.3. The number of aromatic nitrogens is 2. The summed E-state index contributed by atoms with van der Waals surface area (Å²) < 4.78 is 0. The molecule has 0 radical (unpaired) electrons. The van der Waals surface area contributed by atoms with Crippen LogP contribution in [0.1, 0.15) is 19.3 Å². The normalized spacial score (nSPS) is 22.5. The van der Waals surface area contributed by atoms with Gasteiger partial charge in [-0.2, -0.15) is 0 Å². The summed E-state index contributed by atoms with van der Waals surface area (Å²) in [6, 6.07) is 1.83. The van der Waals surface area contributed by atoms with Crippen LogP contribution < -0.4 is 10.2 Å². The van der Waals surface area contributed by atoms with Crippen molar-refractivity contribution in [3.8, 4) is 0 Å². The third kappa shape index (κ3) is 3.78. The maximum Gasteiger partial charge on any atom is 0.225 e. The number of aliphatic imine (C=N–C) groups is 1. The molecular weight excluding hydrogens is 336 g/mol. The lowest BCUT2D eigenvalue weighted by molar-refractivity contribution is -0.120. The summed E-state index contributed by atoms with van der Waals surface area (Å²) in [5.41, 5.74) is 1.07. The van der Waals surface area contributed by atoms with E-state index in [9.17, 15) is 4.79 Å². The second kappa shape index (κ2) is 7.43. The number of nitrogens with zero attached hydrogens (tertiary/aromatic N) is 5. The largest absolute Gasteiger partial charge is 0.355 e. The van der Waals surface area contributed by atoms with Gasteiger partial charge in [-0.25, -0.2) is 9.97 Å². The Morgan fingerprint density at radius 1 is 1.32 bits per heavy atom. The number of carbonyl (C=O) groups is 1. The van der Waals surface area contributed by atoms with E-state index in [0.717, 1.165) is 55.8 Å². The molecule has 4 rings (SSSR count). The molecule has 8 heteroatoms. The highest BCUT2D eigenvalue weighted by Crippen LogP contribution is 2.30. The van der Waals surface area contributed by atoms with Crippen LogP contribution in [0.3, 0.4) is 0 Å². The minimum Gasteiger partial charge on any atom is -0.355 e. The first-order chi connectivity index (χ1) is 12.3. The van der Waals surface area contributed by atoms with Gasteiger partial charge in [-0.05, 0) is 30.2 Å². The third-order valence-electron chi connectivity index (χ3n) is 4.73. The molecule has 3 aliphatic heterocycles. The van der Waals surface area contributed by atoms with E-state index in [1.165, 1.54) is 0 Å². The Kier molecular flexibility index (Phi) is 4.87. The van der Waals surface area contributed by atoms with Crippen molar-refractivity contribution in [2.24, 2.45) is 10.9 Å². The molecule has 3 aliphatic rings. The minimum atomic E-state index is 0.0908. The molecular formula is C17H22N6OS. The van der Waals surface area contributed by atoms with Crippen LogP contribution in [0.4, 0.5) is 5.95 Å². The van der Waals surface area contributed by atoms with Gasteiger partial charge in [-0.15, -0.1) is 0 Å². The van der Waals surface area contributed by atoms with E-state index < -0.39 is 0 Å². The Balaban J connectivity index is 1.25. The van der Waals surface area contributed by atoms with Crippen molar-refractivity contribution >= 4 is 28.8 Å². The van der Waals surface area contributed by atoms with Gasteiger partial charge in [0.2, 0.25) is 11.9 Å². The van der Waals surface area contributed by atoms with Crippen molar-refractivity contribution < 1.29 is 4.79 Å². The van der Waals surface area contributed by atoms with Crippen LogP contribution in [0, 0.1) is 5.92 Å². The molecule has 0 bridgehead atoms. The highest BCUT2D eigenvalue weighted by Gasteiger charge is 2.28. The van der Waals surface area contributed by atoms with Crippen LogP contribution in [0.25, 0.3) is 0 Å². The van der Waals surface area contributed by atoms with Gasteiger partial charge in [0.1, 0.15) is 0 Å². The lowest BCUT2D eigenvalue weighted by Gasteiger charge is -2.32. The molecule has 1 amide bonds. The number of hydrogen-bond donors (Lipinski definition) is 1. The molecule has 1 fully saturated rings. The summed E-state index contributed by atoms with van der Waals surface area (Å²) in [4.78, 5) is 29.8. The maximum atomic E-state index is 12.3. The number of nitrogens with one attached hydrogen (secondary N) is 1. The Bertz CT molecular complexity index is 692. The van der Waals surface area contributed by atoms with Gasteiger partial charge in [0, 0.05) is 44.3 Å².